The summed E-state index contributed by atoms with van der Waals surface area (Å²) in [6.07, 6.45) is 3.10. The van der Waals surface area contributed by atoms with Crippen LogP contribution in [0, 0.1) is 6.92 Å². The summed E-state index contributed by atoms with van der Waals surface area (Å²) in [4.78, 5) is 28.8. The number of aliphatic hydroxyl groups is 1. The number of nitrogens with zero attached hydrogens (tertiary/aromatic N) is 3. The second-order valence-corrected chi connectivity index (χ2v) is 14.9. The SMILES string of the molecule is CCCCCOc1ccc(C2/C(=C(\O)c3ccc(OCc4ccccc4C)cc3)C(=O)C(=O)N2c2nnc(SCc3ccc(Cl)cc3Cl)s2)cc1. The zero-order chi connectivity index (χ0) is 35.9. The van der Waals surface area contributed by atoms with Crippen LogP contribution >= 0.6 is 46.3 Å². The van der Waals surface area contributed by atoms with Gasteiger partial charge in [0.25, 0.3) is 5.78 Å². The molecule has 1 aliphatic heterocycles. The number of rotatable bonds is 14. The van der Waals surface area contributed by atoms with E-state index in [1.54, 1.807) is 60.7 Å². The molecule has 1 aromatic heterocycles. The zero-order valence-corrected chi connectivity index (χ0v) is 31.1. The van der Waals surface area contributed by atoms with E-state index in [-0.39, 0.29) is 16.5 Å². The number of anilines is 1. The third-order valence-electron chi connectivity index (χ3n) is 8.41. The Morgan fingerprint density at radius 3 is 2.35 bits per heavy atom. The number of ketones is 1. The van der Waals surface area contributed by atoms with Crippen LogP contribution in [0.3, 0.4) is 0 Å². The summed E-state index contributed by atoms with van der Waals surface area (Å²) >= 11 is 15.0. The van der Waals surface area contributed by atoms with Gasteiger partial charge in [0.15, 0.2) is 4.34 Å². The molecule has 1 atom stereocenters. The number of benzene rings is 4. The van der Waals surface area contributed by atoms with E-state index in [9.17, 15) is 14.7 Å². The van der Waals surface area contributed by atoms with Gasteiger partial charge < -0.3 is 14.6 Å². The topological polar surface area (TPSA) is 102 Å². The summed E-state index contributed by atoms with van der Waals surface area (Å²) in [5.74, 6) is -0.175. The van der Waals surface area contributed by atoms with Crippen molar-refractivity contribution in [1.82, 2.24) is 10.2 Å². The highest BCUT2D eigenvalue weighted by Gasteiger charge is 2.48. The molecule has 4 aromatic carbocycles. The first-order valence-electron chi connectivity index (χ1n) is 16.4. The minimum absolute atomic E-state index is 0.0532. The molecule has 8 nitrogen and oxygen atoms in total. The molecule has 0 radical (unpaired) electrons. The van der Waals surface area contributed by atoms with Gasteiger partial charge in [0.2, 0.25) is 5.13 Å². The number of hydrogen-bond donors (Lipinski definition) is 1. The molecule has 1 amide bonds. The zero-order valence-electron chi connectivity index (χ0n) is 28.0. The number of aromatic nitrogens is 2. The molecular formula is C39H35Cl2N3O5S2. The first-order valence-corrected chi connectivity index (χ1v) is 19.0. The fraction of sp³-hybridized carbons (Fsp3) is 0.231. The Kier molecular flexibility index (Phi) is 12.0. The number of aryl methyl sites for hydroxylation is 1. The van der Waals surface area contributed by atoms with Crippen molar-refractivity contribution in [3.8, 4) is 11.5 Å². The molecule has 262 valence electrons. The van der Waals surface area contributed by atoms with Crippen molar-refractivity contribution < 1.29 is 24.2 Å². The summed E-state index contributed by atoms with van der Waals surface area (Å²) in [7, 11) is 0. The van der Waals surface area contributed by atoms with Gasteiger partial charge in [0.1, 0.15) is 23.9 Å². The van der Waals surface area contributed by atoms with Crippen LogP contribution in [-0.4, -0.2) is 33.6 Å². The molecule has 6 rings (SSSR count). The van der Waals surface area contributed by atoms with E-state index in [1.165, 1.54) is 28.0 Å². The quantitative estimate of drug-likeness (QED) is 0.0298. The highest BCUT2D eigenvalue weighted by atomic mass is 35.5. The second kappa shape index (κ2) is 16.8. The maximum atomic E-state index is 13.8. The lowest BCUT2D eigenvalue weighted by Gasteiger charge is -2.22. The van der Waals surface area contributed by atoms with Gasteiger partial charge in [-0.3, -0.25) is 14.5 Å². The number of halogens is 2. The normalized spacial score (nSPS) is 15.4. The highest BCUT2D eigenvalue weighted by molar-refractivity contribution is 8.00. The van der Waals surface area contributed by atoms with Crippen LogP contribution in [0.15, 0.2) is 101 Å². The Bertz CT molecular complexity index is 2050. The summed E-state index contributed by atoms with van der Waals surface area (Å²) in [6, 6.07) is 26.3. The van der Waals surface area contributed by atoms with Crippen molar-refractivity contribution in [1.29, 1.82) is 0 Å². The molecule has 0 bridgehead atoms. The summed E-state index contributed by atoms with van der Waals surface area (Å²) in [5, 5.41) is 21.6. The monoisotopic (exact) mass is 759 g/mol. The molecule has 0 saturated carbocycles. The molecule has 1 fully saturated rings. The van der Waals surface area contributed by atoms with Crippen molar-refractivity contribution in [2.75, 3.05) is 11.5 Å². The van der Waals surface area contributed by atoms with Crippen molar-refractivity contribution >= 4 is 68.9 Å². The smallest absolute Gasteiger partial charge is 0.301 e. The van der Waals surface area contributed by atoms with E-state index in [4.69, 9.17) is 32.7 Å². The largest absolute Gasteiger partial charge is 0.507 e. The van der Waals surface area contributed by atoms with Crippen LogP contribution in [0.5, 0.6) is 11.5 Å². The predicted molar refractivity (Wildman–Crippen MR) is 204 cm³/mol. The van der Waals surface area contributed by atoms with Crippen LogP contribution in [0.25, 0.3) is 5.76 Å². The fourth-order valence-electron chi connectivity index (χ4n) is 5.57. The number of Topliss-reactive ketones (excluding diaryl/α,β-unsaturated/α-hetero) is 1. The van der Waals surface area contributed by atoms with Gasteiger partial charge in [-0.1, -0.05) is 109 Å². The van der Waals surface area contributed by atoms with Gasteiger partial charge in [-0.2, -0.15) is 0 Å². The molecule has 1 N–H and O–H groups in total. The minimum atomic E-state index is -0.965. The van der Waals surface area contributed by atoms with Gasteiger partial charge in [-0.25, -0.2) is 0 Å². The van der Waals surface area contributed by atoms with Gasteiger partial charge in [-0.15, -0.1) is 10.2 Å². The van der Waals surface area contributed by atoms with E-state index in [2.05, 4.69) is 17.1 Å². The van der Waals surface area contributed by atoms with Gasteiger partial charge in [0, 0.05) is 21.4 Å². The number of aliphatic hydroxyl groups excluding tert-OH is 1. The maximum absolute atomic E-state index is 13.8. The highest BCUT2D eigenvalue weighted by Crippen LogP contribution is 2.44. The average Bonchev–Trinajstić information content (AvgIpc) is 3.71. The molecular weight excluding hydrogens is 725 g/mol. The molecule has 0 spiro atoms. The number of amides is 1. The first-order chi connectivity index (χ1) is 24.7. The molecule has 1 aliphatic rings. The Morgan fingerprint density at radius 2 is 1.63 bits per heavy atom. The van der Waals surface area contributed by atoms with E-state index in [0.29, 0.717) is 56.0 Å². The van der Waals surface area contributed by atoms with Gasteiger partial charge in [-0.05, 0) is 84.1 Å². The lowest BCUT2D eigenvalue weighted by molar-refractivity contribution is -0.132. The summed E-state index contributed by atoms with van der Waals surface area (Å²) < 4.78 is 12.5. The van der Waals surface area contributed by atoms with Crippen LogP contribution in [-0.2, 0) is 21.9 Å². The predicted octanol–water partition coefficient (Wildman–Crippen LogP) is 10.2. The van der Waals surface area contributed by atoms with Crippen LogP contribution in [0.2, 0.25) is 10.0 Å². The minimum Gasteiger partial charge on any atom is -0.507 e. The van der Waals surface area contributed by atoms with E-state index in [1.807, 2.05) is 37.3 Å². The molecule has 1 saturated heterocycles. The third-order valence-corrected chi connectivity index (χ3v) is 11.1. The number of ether oxygens (including phenoxy) is 2. The first kappa shape index (κ1) is 36.4. The van der Waals surface area contributed by atoms with Crippen molar-refractivity contribution in [2.45, 2.75) is 55.9 Å². The second-order valence-electron chi connectivity index (χ2n) is 11.9. The summed E-state index contributed by atoms with van der Waals surface area (Å²) in [6.45, 7) is 5.13. The molecule has 5 aromatic rings. The average molecular weight is 761 g/mol. The van der Waals surface area contributed by atoms with Gasteiger partial charge >= 0.3 is 5.91 Å². The lowest BCUT2D eigenvalue weighted by Crippen LogP contribution is -2.29. The van der Waals surface area contributed by atoms with Crippen molar-refractivity contribution in [2.24, 2.45) is 0 Å². The number of thioether (sulfide) groups is 1. The molecule has 12 heteroatoms. The number of unbranched alkanes of at least 4 members (excludes halogenated alkanes) is 2. The number of carbonyl (C=O) groups excluding carboxylic acids is 2. The van der Waals surface area contributed by atoms with Gasteiger partial charge in [0.05, 0.1) is 18.2 Å². The Morgan fingerprint density at radius 1 is 0.902 bits per heavy atom. The maximum Gasteiger partial charge on any atom is 0.301 e. The van der Waals surface area contributed by atoms with Crippen LogP contribution in [0.1, 0.15) is 60.0 Å². The van der Waals surface area contributed by atoms with E-state index >= 15 is 0 Å². The molecule has 1 unspecified atom stereocenters. The van der Waals surface area contributed by atoms with E-state index < -0.39 is 17.7 Å². The Labute approximate surface area is 315 Å². The van der Waals surface area contributed by atoms with Crippen LogP contribution < -0.4 is 14.4 Å². The lowest BCUT2D eigenvalue weighted by atomic mass is 9.95. The third kappa shape index (κ3) is 8.59. The Balaban J connectivity index is 1.29. The number of carbonyl (C=O) groups is 2. The van der Waals surface area contributed by atoms with Crippen molar-refractivity contribution in [3.05, 3.63) is 134 Å². The standard InChI is InChI=1S/C39H35Cl2N3O5S2/c1-3-4-7-20-48-30-16-11-25(12-17-30)34-33(35(45)26-13-18-31(19-14-26)49-22-27-9-6-5-8-24(27)2)36(46)37(47)44(34)38-42-43-39(51-38)50-23-28-10-15-29(40)21-32(28)41/h5-6,8-19,21,34,45H,3-4,7,20,22-23H2,1-2H3/b35-33+. The molecule has 2 heterocycles. The van der Waals surface area contributed by atoms with E-state index in [0.717, 1.165) is 36.0 Å². The van der Waals surface area contributed by atoms with Crippen molar-refractivity contribution in [3.63, 3.8) is 0 Å². The molecule has 51 heavy (non-hydrogen) atoms. The summed E-state index contributed by atoms with van der Waals surface area (Å²) in [5.41, 5.74) is 3.97. The molecule has 0 aliphatic carbocycles. The fourth-order valence-corrected chi connectivity index (χ4v) is 7.99. The Hall–Kier alpha value is -4.35. The van der Waals surface area contributed by atoms with Crippen LogP contribution in [0.4, 0.5) is 5.13 Å². The number of hydrogen-bond acceptors (Lipinski definition) is 9.